The summed E-state index contributed by atoms with van der Waals surface area (Å²) in [6.45, 7) is 0.589. The molecule has 1 fully saturated rings. The van der Waals surface area contributed by atoms with Gasteiger partial charge < -0.3 is 10.6 Å². The molecule has 3 nitrogen and oxygen atoms in total. The van der Waals surface area contributed by atoms with Gasteiger partial charge in [-0.05, 0) is 38.2 Å². The summed E-state index contributed by atoms with van der Waals surface area (Å²) in [5.41, 5.74) is 1.12. The molecule has 1 aliphatic carbocycles. The number of nitrogens with one attached hydrogen (secondary N) is 2. The third kappa shape index (κ3) is 5.88. The molecule has 5 heteroatoms. The molecule has 2 N–H and O–H groups in total. The van der Waals surface area contributed by atoms with Crippen molar-refractivity contribution in [2.45, 2.75) is 56.9 Å². The van der Waals surface area contributed by atoms with Crippen LogP contribution in [0.4, 0.5) is 13.6 Å². The van der Waals surface area contributed by atoms with Crippen LogP contribution in [0.5, 0.6) is 0 Å². The van der Waals surface area contributed by atoms with Gasteiger partial charge in [0.25, 0.3) is 0 Å². The Morgan fingerprint density at radius 3 is 2.77 bits per heavy atom. The minimum Gasteiger partial charge on any atom is -0.338 e. The Hall–Kier alpha value is -1.83. The monoisotopic (exact) mass is 308 g/mol. The maximum atomic E-state index is 13.0. The molecule has 1 saturated carbocycles. The molecule has 1 aliphatic rings. The minimum absolute atomic E-state index is 0.130. The molecule has 22 heavy (non-hydrogen) atoms. The summed E-state index contributed by atoms with van der Waals surface area (Å²) >= 11 is 0. The van der Waals surface area contributed by atoms with E-state index in [1.165, 1.54) is 0 Å². The van der Waals surface area contributed by atoms with Crippen molar-refractivity contribution in [3.05, 3.63) is 35.9 Å². The molecule has 2 rings (SSSR count). The zero-order chi connectivity index (χ0) is 15.8. The van der Waals surface area contributed by atoms with Gasteiger partial charge in [-0.15, -0.1) is 0 Å². The summed E-state index contributed by atoms with van der Waals surface area (Å²) in [5, 5.41) is 5.55. The number of hydrogen-bond donors (Lipinski definition) is 2. The maximum absolute atomic E-state index is 13.0. The van der Waals surface area contributed by atoms with Crippen molar-refractivity contribution >= 4 is 6.03 Å². The Morgan fingerprint density at radius 2 is 2.09 bits per heavy atom. The first-order valence-electron chi connectivity index (χ1n) is 7.85. The van der Waals surface area contributed by atoms with Gasteiger partial charge in [0.2, 0.25) is 5.92 Å². The van der Waals surface area contributed by atoms with Crippen molar-refractivity contribution in [1.29, 1.82) is 0 Å². The summed E-state index contributed by atoms with van der Waals surface area (Å²) in [6.07, 6.45) is 3.17. The quantitative estimate of drug-likeness (QED) is 0.776. The normalized spacial score (nSPS) is 17.5. The number of carbonyl (C=O) groups excluding carboxylic acids is 1. The van der Waals surface area contributed by atoms with Crippen LogP contribution in [0.2, 0.25) is 0 Å². The third-order valence-corrected chi connectivity index (χ3v) is 3.92. The van der Waals surface area contributed by atoms with Gasteiger partial charge in [-0.3, -0.25) is 0 Å². The Morgan fingerprint density at radius 1 is 1.32 bits per heavy atom. The fraction of sp³-hybridized carbons (Fsp3) is 0.588. The van der Waals surface area contributed by atoms with Gasteiger partial charge in [0.15, 0.2) is 0 Å². The summed E-state index contributed by atoms with van der Waals surface area (Å²) in [5.74, 6) is -2.56. The lowest BCUT2D eigenvalue weighted by Gasteiger charge is -2.28. The molecule has 2 amide bonds. The van der Waals surface area contributed by atoms with Gasteiger partial charge in [-0.25, -0.2) is 13.6 Å². The van der Waals surface area contributed by atoms with Crippen molar-refractivity contribution in [1.82, 2.24) is 10.6 Å². The van der Waals surface area contributed by atoms with Crippen molar-refractivity contribution in [3.8, 4) is 0 Å². The SMILES string of the molecule is O=C(NCCCCc1c#cccc1)NC1CCC(F)(F)CC1. The van der Waals surface area contributed by atoms with E-state index in [2.05, 4.69) is 22.8 Å². The number of aryl methyl sites for hydroxylation is 1. The lowest BCUT2D eigenvalue weighted by atomic mass is 9.92. The highest BCUT2D eigenvalue weighted by Gasteiger charge is 2.35. The van der Waals surface area contributed by atoms with Crippen LogP contribution in [0.1, 0.15) is 44.1 Å². The molecule has 120 valence electrons. The number of hydrogen-bond acceptors (Lipinski definition) is 1. The Kier molecular flexibility index (Phi) is 6.00. The van der Waals surface area contributed by atoms with Gasteiger partial charge in [0, 0.05) is 31.0 Å². The van der Waals surface area contributed by atoms with Crippen LogP contribution < -0.4 is 10.6 Å². The molecule has 0 aromatic heterocycles. The van der Waals surface area contributed by atoms with Crippen molar-refractivity contribution in [3.63, 3.8) is 0 Å². The third-order valence-electron chi connectivity index (χ3n) is 3.92. The average molecular weight is 308 g/mol. The van der Waals surface area contributed by atoms with E-state index in [1.807, 2.05) is 18.2 Å². The fourth-order valence-electron chi connectivity index (χ4n) is 2.60. The lowest BCUT2D eigenvalue weighted by molar-refractivity contribution is -0.0395. The fourth-order valence-corrected chi connectivity index (χ4v) is 2.60. The molecule has 1 aromatic carbocycles. The standard InChI is InChI=1S/C17H22F2N2O/c18-17(19)11-9-15(10-12-17)21-16(22)20-13-5-4-8-14-6-2-1-3-7-14/h1-2,6,15H,4-5,8-13H2,(H2,20,21,22). The number of unbranched alkanes of at least 4 members (excludes halogenated alkanes) is 1. The number of amides is 2. The van der Waals surface area contributed by atoms with Gasteiger partial charge in [-0.2, -0.15) is 0 Å². The number of rotatable bonds is 6. The summed E-state index contributed by atoms with van der Waals surface area (Å²) in [4.78, 5) is 11.7. The molecule has 1 aromatic rings. The first-order valence-corrected chi connectivity index (χ1v) is 7.85. The van der Waals surface area contributed by atoms with Crippen molar-refractivity contribution < 1.29 is 13.6 Å². The summed E-state index contributed by atoms with van der Waals surface area (Å²) < 4.78 is 26.0. The Labute approximate surface area is 130 Å². The lowest BCUT2D eigenvalue weighted by Crippen LogP contribution is -2.45. The largest absolute Gasteiger partial charge is 0.338 e. The van der Waals surface area contributed by atoms with Gasteiger partial charge >= 0.3 is 6.03 Å². The highest BCUT2D eigenvalue weighted by Crippen LogP contribution is 2.32. The van der Waals surface area contributed by atoms with E-state index in [4.69, 9.17) is 0 Å². The van der Waals surface area contributed by atoms with Crippen LogP contribution in [-0.2, 0) is 6.42 Å². The van der Waals surface area contributed by atoms with Crippen molar-refractivity contribution in [2.75, 3.05) is 6.54 Å². The number of alkyl halides is 2. The van der Waals surface area contributed by atoms with Crippen LogP contribution in [0.15, 0.2) is 18.2 Å². The van der Waals surface area contributed by atoms with Gasteiger partial charge in [0.05, 0.1) is 0 Å². The van der Waals surface area contributed by atoms with E-state index >= 15 is 0 Å². The molecule has 0 radical (unpaired) electrons. The second-order valence-corrected chi connectivity index (χ2v) is 5.81. The predicted octanol–water partition coefficient (Wildman–Crippen LogP) is 3.49. The van der Waals surface area contributed by atoms with Crippen LogP contribution in [0.25, 0.3) is 0 Å². The maximum Gasteiger partial charge on any atom is 0.315 e. The topological polar surface area (TPSA) is 41.1 Å². The molecule has 0 unspecified atom stereocenters. The number of carbonyl (C=O) groups is 1. The zero-order valence-electron chi connectivity index (χ0n) is 12.6. The molecule has 0 saturated heterocycles. The van der Waals surface area contributed by atoms with Gasteiger partial charge in [-0.1, -0.05) is 24.3 Å². The number of urea groups is 1. The second kappa shape index (κ2) is 7.98. The van der Waals surface area contributed by atoms with E-state index in [1.54, 1.807) is 0 Å². The zero-order valence-corrected chi connectivity index (χ0v) is 12.6. The van der Waals surface area contributed by atoms with Crippen LogP contribution in [0.3, 0.4) is 0 Å². The molecular weight excluding hydrogens is 286 g/mol. The molecule has 0 spiro atoms. The highest BCUT2D eigenvalue weighted by molar-refractivity contribution is 5.74. The molecule has 0 atom stereocenters. The van der Waals surface area contributed by atoms with Crippen molar-refractivity contribution in [2.24, 2.45) is 0 Å². The molecular formula is C17H22F2N2O. The molecule has 0 bridgehead atoms. The van der Waals surface area contributed by atoms with Gasteiger partial charge in [0.1, 0.15) is 0 Å². The van der Waals surface area contributed by atoms with Crippen LogP contribution in [0, 0.1) is 12.1 Å². The summed E-state index contributed by atoms with van der Waals surface area (Å²) in [7, 11) is 0. The van der Waals surface area contributed by atoms with E-state index in [0.717, 1.165) is 24.8 Å². The molecule has 0 heterocycles. The van der Waals surface area contributed by atoms with Crippen LogP contribution in [-0.4, -0.2) is 24.5 Å². The first kappa shape index (κ1) is 16.5. The van der Waals surface area contributed by atoms with E-state index in [9.17, 15) is 13.6 Å². The van der Waals surface area contributed by atoms with E-state index < -0.39 is 5.92 Å². The Balaban J connectivity index is 1.53. The highest BCUT2D eigenvalue weighted by atomic mass is 19.3. The minimum atomic E-state index is -2.56. The van der Waals surface area contributed by atoms with E-state index in [-0.39, 0.29) is 24.9 Å². The predicted molar refractivity (Wildman–Crippen MR) is 80.8 cm³/mol. The Bertz CT molecular complexity index is 455. The van der Waals surface area contributed by atoms with E-state index in [0.29, 0.717) is 19.4 Å². The average Bonchev–Trinajstić information content (AvgIpc) is 2.50. The first-order chi connectivity index (χ1) is 10.6. The second-order valence-electron chi connectivity index (χ2n) is 5.81. The smallest absolute Gasteiger partial charge is 0.315 e. The summed E-state index contributed by atoms with van der Waals surface area (Å²) in [6, 6.07) is 11.3. The van der Waals surface area contributed by atoms with Crippen LogP contribution >= 0.6 is 0 Å². The number of halogens is 2. The molecule has 0 aliphatic heterocycles.